The molecule has 2 heterocycles. The standard InChI is InChI=1S/C11H16N2O5S3/c1-3-13(7(2)14)9-4-5-20(15,16)11-8(9)6-10(19-11)21(12,17)18/h6,9H,3-5H2,1-2H3,(H2,12,17,18). The van der Waals surface area contributed by atoms with Crippen molar-refractivity contribution in [2.45, 2.75) is 34.7 Å². The van der Waals surface area contributed by atoms with Crippen LogP contribution in [0, 0.1) is 0 Å². The molecule has 2 rings (SSSR count). The molecule has 1 aromatic rings. The van der Waals surface area contributed by atoms with Gasteiger partial charge in [0, 0.05) is 19.0 Å². The quantitative estimate of drug-likeness (QED) is 0.850. The lowest BCUT2D eigenvalue weighted by Gasteiger charge is -2.32. The zero-order valence-corrected chi connectivity index (χ0v) is 14.0. The third kappa shape index (κ3) is 2.98. The number of nitrogens with zero attached hydrogens (tertiary/aromatic N) is 1. The molecule has 1 aliphatic rings. The molecule has 21 heavy (non-hydrogen) atoms. The molecule has 0 saturated heterocycles. The predicted octanol–water partition coefficient (Wildman–Crippen LogP) is 0.482. The Balaban J connectivity index is 2.64. The summed E-state index contributed by atoms with van der Waals surface area (Å²) in [5.74, 6) is -0.296. The van der Waals surface area contributed by atoms with Crippen molar-refractivity contribution in [3.8, 4) is 0 Å². The average Bonchev–Trinajstić information content (AvgIpc) is 2.78. The molecular weight excluding hydrogens is 336 g/mol. The first kappa shape index (κ1) is 16.4. The van der Waals surface area contributed by atoms with Crippen molar-refractivity contribution in [1.29, 1.82) is 0 Å². The normalized spacial score (nSPS) is 20.8. The van der Waals surface area contributed by atoms with Crippen LogP contribution in [0.25, 0.3) is 0 Å². The van der Waals surface area contributed by atoms with Crippen molar-refractivity contribution in [2.75, 3.05) is 12.3 Å². The first-order chi connectivity index (χ1) is 9.58. The third-order valence-corrected chi connectivity index (χ3v) is 8.36. The van der Waals surface area contributed by atoms with E-state index in [1.807, 2.05) is 0 Å². The molecule has 1 atom stereocenters. The Bertz CT molecular complexity index is 779. The van der Waals surface area contributed by atoms with Crippen LogP contribution >= 0.6 is 11.3 Å². The number of primary sulfonamides is 1. The maximum Gasteiger partial charge on any atom is 0.247 e. The number of amides is 1. The summed E-state index contributed by atoms with van der Waals surface area (Å²) >= 11 is 0.654. The summed E-state index contributed by atoms with van der Waals surface area (Å²) in [6.07, 6.45) is 0.254. The van der Waals surface area contributed by atoms with Gasteiger partial charge in [-0.3, -0.25) is 4.79 Å². The highest BCUT2D eigenvalue weighted by Gasteiger charge is 2.37. The molecule has 1 aromatic heterocycles. The number of nitrogens with two attached hydrogens (primary N) is 1. The molecule has 0 aromatic carbocycles. The van der Waals surface area contributed by atoms with E-state index in [9.17, 15) is 21.6 Å². The van der Waals surface area contributed by atoms with Crippen LogP contribution < -0.4 is 5.14 Å². The Labute approximate surface area is 127 Å². The van der Waals surface area contributed by atoms with Gasteiger partial charge >= 0.3 is 0 Å². The SMILES string of the molecule is CCN(C(C)=O)C1CCS(=O)(=O)c2sc(S(N)(=O)=O)cc21. The van der Waals surface area contributed by atoms with Crippen LogP contribution in [0.4, 0.5) is 0 Å². The van der Waals surface area contributed by atoms with Gasteiger partial charge in [-0.15, -0.1) is 11.3 Å². The smallest absolute Gasteiger partial charge is 0.247 e. The van der Waals surface area contributed by atoms with E-state index in [2.05, 4.69) is 0 Å². The van der Waals surface area contributed by atoms with Gasteiger partial charge in [-0.1, -0.05) is 0 Å². The topological polar surface area (TPSA) is 115 Å². The van der Waals surface area contributed by atoms with Gasteiger partial charge in [-0.2, -0.15) is 0 Å². The molecule has 2 N–H and O–H groups in total. The van der Waals surface area contributed by atoms with Gasteiger partial charge in [0.25, 0.3) is 0 Å². The Morgan fingerprint density at radius 1 is 1.52 bits per heavy atom. The Morgan fingerprint density at radius 2 is 2.14 bits per heavy atom. The molecule has 0 spiro atoms. The molecule has 1 unspecified atom stereocenters. The lowest BCUT2D eigenvalue weighted by atomic mass is 10.1. The van der Waals surface area contributed by atoms with Crippen molar-refractivity contribution in [3.05, 3.63) is 11.6 Å². The predicted molar refractivity (Wildman–Crippen MR) is 78.2 cm³/mol. The molecule has 1 amide bonds. The zero-order valence-electron chi connectivity index (χ0n) is 11.6. The molecule has 7 nitrogen and oxygen atoms in total. The van der Waals surface area contributed by atoms with Crippen LogP contribution in [-0.2, 0) is 24.7 Å². The minimum atomic E-state index is -3.97. The molecule has 0 radical (unpaired) electrons. The molecule has 10 heteroatoms. The van der Waals surface area contributed by atoms with Crippen LogP contribution in [0.2, 0.25) is 0 Å². The summed E-state index contributed by atoms with van der Waals surface area (Å²) in [5.41, 5.74) is 0.354. The van der Waals surface area contributed by atoms with Gasteiger partial charge in [0.2, 0.25) is 15.9 Å². The second-order valence-corrected chi connectivity index (χ2v) is 9.93. The molecule has 0 saturated carbocycles. The number of rotatable bonds is 3. The van der Waals surface area contributed by atoms with Crippen LogP contribution in [0.1, 0.15) is 31.9 Å². The number of hydrogen-bond acceptors (Lipinski definition) is 6. The summed E-state index contributed by atoms with van der Waals surface area (Å²) < 4.78 is 46.9. The molecular formula is C11H16N2O5S3. The van der Waals surface area contributed by atoms with E-state index in [1.54, 1.807) is 6.92 Å². The van der Waals surface area contributed by atoms with Gasteiger partial charge in [0.05, 0.1) is 11.8 Å². The monoisotopic (exact) mass is 352 g/mol. The number of fused-ring (bicyclic) bond motifs is 1. The fourth-order valence-corrected chi connectivity index (χ4v) is 6.63. The van der Waals surface area contributed by atoms with E-state index < -0.39 is 25.9 Å². The second kappa shape index (κ2) is 5.34. The first-order valence-corrected chi connectivity index (χ1v) is 10.3. The highest BCUT2D eigenvalue weighted by atomic mass is 32.3. The average molecular weight is 352 g/mol. The van der Waals surface area contributed by atoms with E-state index in [0.717, 1.165) is 0 Å². The Hall–Kier alpha value is -0.970. The van der Waals surface area contributed by atoms with Crippen LogP contribution in [0.5, 0.6) is 0 Å². The summed E-state index contributed by atoms with van der Waals surface area (Å²) in [6, 6.07) is 0.847. The molecule has 0 bridgehead atoms. The Kier molecular flexibility index (Phi) is 4.17. The lowest BCUT2D eigenvalue weighted by molar-refractivity contribution is -0.131. The summed E-state index contributed by atoms with van der Waals surface area (Å²) in [4.78, 5) is 13.2. The maximum atomic E-state index is 12.1. The molecule has 1 aliphatic heterocycles. The lowest BCUT2D eigenvalue weighted by Crippen LogP contribution is -2.36. The van der Waals surface area contributed by atoms with Gasteiger partial charge in [0.15, 0.2) is 9.84 Å². The summed E-state index contributed by atoms with van der Waals surface area (Å²) in [7, 11) is -7.49. The highest BCUT2D eigenvalue weighted by Crippen LogP contribution is 2.42. The summed E-state index contributed by atoms with van der Waals surface area (Å²) in [6.45, 7) is 3.61. The number of sulfonamides is 1. The number of hydrogen-bond donors (Lipinski definition) is 1. The molecule has 0 fully saturated rings. The number of carbonyl (C=O) groups excluding carboxylic acids is 1. The third-order valence-electron chi connectivity index (χ3n) is 3.41. The summed E-state index contributed by atoms with van der Waals surface area (Å²) in [5, 5.41) is 5.08. The minimum absolute atomic E-state index is 0.00229. The second-order valence-electron chi connectivity index (χ2n) is 4.78. The Morgan fingerprint density at radius 3 is 2.62 bits per heavy atom. The van der Waals surface area contributed by atoms with Crippen molar-refractivity contribution >= 4 is 37.1 Å². The minimum Gasteiger partial charge on any atom is -0.336 e. The van der Waals surface area contributed by atoms with Gasteiger partial charge in [-0.05, 0) is 19.4 Å². The largest absolute Gasteiger partial charge is 0.336 e. The number of thiophene rings is 1. The van der Waals surface area contributed by atoms with E-state index >= 15 is 0 Å². The van der Waals surface area contributed by atoms with Gasteiger partial charge < -0.3 is 4.90 Å². The van der Waals surface area contributed by atoms with Crippen molar-refractivity contribution in [1.82, 2.24) is 4.90 Å². The first-order valence-electron chi connectivity index (χ1n) is 6.24. The van der Waals surface area contributed by atoms with Crippen molar-refractivity contribution < 1.29 is 21.6 Å². The fraction of sp³-hybridized carbons (Fsp3) is 0.545. The number of sulfone groups is 1. The fourth-order valence-electron chi connectivity index (χ4n) is 2.48. The van der Waals surface area contributed by atoms with Crippen LogP contribution in [0.3, 0.4) is 0 Å². The van der Waals surface area contributed by atoms with E-state index in [1.165, 1.54) is 17.9 Å². The van der Waals surface area contributed by atoms with Crippen LogP contribution in [-0.4, -0.2) is 39.9 Å². The maximum absolute atomic E-state index is 12.1. The van der Waals surface area contributed by atoms with E-state index in [4.69, 9.17) is 5.14 Å². The molecule has 118 valence electrons. The van der Waals surface area contributed by atoms with Gasteiger partial charge in [0.1, 0.15) is 8.42 Å². The highest BCUT2D eigenvalue weighted by molar-refractivity contribution is 7.95. The number of carbonyl (C=O) groups is 1. The molecule has 0 aliphatic carbocycles. The van der Waals surface area contributed by atoms with Crippen molar-refractivity contribution in [3.63, 3.8) is 0 Å². The van der Waals surface area contributed by atoms with Crippen LogP contribution in [0.15, 0.2) is 14.5 Å². The van der Waals surface area contributed by atoms with E-state index in [-0.39, 0.29) is 26.5 Å². The zero-order chi connectivity index (χ0) is 16.0. The van der Waals surface area contributed by atoms with Crippen molar-refractivity contribution in [2.24, 2.45) is 5.14 Å². The van der Waals surface area contributed by atoms with E-state index in [0.29, 0.717) is 23.4 Å². The van der Waals surface area contributed by atoms with Gasteiger partial charge in [-0.25, -0.2) is 22.0 Å².